The topological polar surface area (TPSA) is 61.2 Å². The van der Waals surface area contributed by atoms with Crippen LogP contribution in [0.25, 0.3) is 0 Å². The summed E-state index contributed by atoms with van der Waals surface area (Å²) >= 11 is 0. The Kier molecular flexibility index (Phi) is 4.18. The van der Waals surface area contributed by atoms with E-state index in [9.17, 15) is 8.42 Å². The van der Waals surface area contributed by atoms with Gasteiger partial charge in [-0.3, -0.25) is 4.68 Å². The van der Waals surface area contributed by atoms with Crippen LogP contribution in [0.1, 0.15) is 45.6 Å². The smallest absolute Gasteiger partial charge is 0.157 e. The van der Waals surface area contributed by atoms with Gasteiger partial charge in [0.2, 0.25) is 0 Å². The second-order valence-electron chi connectivity index (χ2n) is 5.61. The molecular formula is C13H22N2O3S. The van der Waals surface area contributed by atoms with Crippen LogP contribution in [0.3, 0.4) is 0 Å². The minimum Gasteiger partial charge on any atom is -0.487 e. The molecule has 1 aromatic rings. The van der Waals surface area contributed by atoms with Gasteiger partial charge >= 0.3 is 0 Å². The average Bonchev–Trinajstić information content (AvgIpc) is 2.77. The summed E-state index contributed by atoms with van der Waals surface area (Å²) in [6, 6.07) is 0.299. The van der Waals surface area contributed by atoms with Crippen molar-refractivity contribution in [2.75, 3.05) is 6.26 Å². The molecule has 0 amide bonds. The molecule has 2 atom stereocenters. The van der Waals surface area contributed by atoms with Crippen molar-refractivity contribution in [2.45, 2.75) is 56.9 Å². The predicted molar refractivity (Wildman–Crippen MR) is 74.1 cm³/mol. The number of hydrogen-bond acceptors (Lipinski definition) is 4. The Morgan fingerprint density at radius 2 is 2.16 bits per heavy atom. The van der Waals surface area contributed by atoms with Gasteiger partial charge in [-0.25, -0.2) is 8.42 Å². The number of rotatable bonds is 4. The van der Waals surface area contributed by atoms with Crippen LogP contribution < -0.4 is 4.74 Å². The molecule has 6 heteroatoms. The van der Waals surface area contributed by atoms with Crippen molar-refractivity contribution in [1.29, 1.82) is 0 Å². The van der Waals surface area contributed by atoms with Crippen LogP contribution >= 0.6 is 0 Å². The van der Waals surface area contributed by atoms with E-state index in [2.05, 4.69) is 18.9 Å². The van der Waals surface area contributed by atoms with Gasteiger partial charge in [0.1, 0.15) is 15.9 Å². The quantitative estimate of drug-likeness (QED) is 0.851. The Labute approximate surface area is 114 Å². The molecule has 5 nitrogen and oxygen atoms in total. The third-order valence-electron chi connectivity index (χ3n) is 3.59. The van der Waals surface area contributed by atoms with Crippen LogP contribution in [0.5, 0.6) is 5.75 Å². The molecular weight excluding hydrogens is 264 g/mol. The van der Waals surface area contributed by atoms with Crippen LogP contribution in [0.4, 0.5) is 0 Å². The summed E-state index contributed by atoms with van der Waals surface area (Å²) in [6.07, 6.45) is 8.03. The van der Waals surface area contributed by atoms with Crippen molar-refractivity contribution < 1.29 is 13.2 Å². The molecule has 1 aromatic heterocycles. The van der Waals surface area contributed by atoms with Gasteiger partial charge in [0, 0.05) is 18.7 Å². The minimum atomic E-state index is -2.96. The van der Waals surface area contributed by atoms with Crippen molar-refractivity contribution >= 4 is 9.84 Å². The Hall–Kier alpha value is -1.04. The highest BCUT2D eigenvalue weighted by Crippen LogP contribution is 2.27. The van der Waals surface area contributed by atoms with Gasteiger partial charge in [-0.15, -0.1) is 0 Å². The molecule has 1 fully saturated rings. The predicted octanol–water partition coefficient (Wildman–Crippen LogP) is 2.20. The fourth-order valence-corrected chi connectivity index (χ4v) is 3.61. The Balaban J connectivity index is 1.98. The molecule has 0 N–H and O–H groups in total. The fraction of sp³-hybridized carbons (Fsp3) is 0.769. The molecule has 2 unspecified atom stereocenters. The molecule has 108 valence electrons. The Morgan fingerprint density at radius 1 is 1.42 bits per heavy atom. The second kappa shape index (κ2) is 5.53. The van der Waals surface area contributed by atoms with E-state index >= 15 is 0 Å². The second-order valence-corrected chi connectivity index (χ2v) is 7.93. The number of sulfone groups is 1. The maximum Gasteiger partial charge on any atom is 0.157 e. The maximum atomic E-state index is 11.6. The summed E-state index contributed by atoms with van der Waals surface area (Å²) in [5, 5.41) is 3.96. The van der Waals surface area contributed by atoms with E-state index < -0.39 is 9.84 Å². The third kappa shape index (κ3) is 3.72. The molecule has 1 saturated carbocycles. The first-order valence-corrected chi connectivity index (χ1v) is 8.71. The fourth-order valence-electron chi connectivity index (χ4n) is 2.45. The van der Waals surface area contributed by atoms with E-state index in [1.54, 1.807) is 6.20 Å². The van der Waals surface area contributed by atoms with Crippen LogP contribution in [-0.2, 0) is 9.84 Å². The lowest BCUT2D eigenvalue weighted by atomic mass is 9.97. The summed E-state index contributed by atoms with van der Waals surface area (Å²) in [5.74, 6) is 0.729. The molecule has 19 heavy (non-hydrogen) atoms. The van der Waals surface area contributed by atoms with Gasteiger partial charge in [-0.1, -0.05) is 0 Å². The molecule has 2 rings (SSSR count). The Bertz CT molecular complexity index is 522. The number of aromatic nitrogens is 2. The monoisotopic (exact) mass is 286 g/mol. The van der Waals surface area contributed by atoms with Crippen molar-refractivity contribution in [3.05, 3.63) is 12.4 Å². The normalized spacial score (nSPS) is 24.6. The van der Waals surface area contributed by atoms with Crippen molar-refractivity contribution in [2.24, 2.45) is 0 Å². The van der Waals surface area contributed by atoms with Crippen LogP contribution in [-0.4, -0.2) is 35.8 Å². The SMILES string of the molecule is CC(C)n1cc(OC2CCCC(S(C)(=O)=O)C2)cn1. The molecule has 0 bridgehead atoms. The van der Waals surface area contributed by atoms with Crippen LogP contribution in [0.2, 0.25) is 0 Å². The molecule has 0 spiro atoms. The highest BCUT2D eigenvalue weighted by Gasteiger charge is 2.30. The van der Waals surface area contributed by atoms with Gasteiger partial charge in [-0.05, 0) is 33.1 Å². The molecule has 1 aliphatic rings. The van der Waals surface area contributed by atoms with E-state index in [-0.39, 0.29) is 11.4 Å². The molecule has 0 radical (unpaired) electrons. The minimum absolute atomic E-state index is 0.0155. The third-order valence-corrected chi connectivity index (χ3v) is 5.23. The lowest BCUT2D eigenvalue weighted by Crippen LogP contribution is -2.33. The number of ether oxygens (including phenoxy) is 1. The molecule has 0 aliphatic heterocycles. The first kappa shape index (κ1) is 14.4. The lowest BCUT2D eigenvalue weighted by Gasteiger charge is -2.28. The van der Waals surface area contributed by atoms with Gasteiger partial charge in [0.15, 0.2) is 5.75 Å². The zero-order chi connectivity index (χ0) is 14.0. The zero-order valence-corrected chi connectivity index (χ0v) is 12.6. The van der Waals surface area contributed by atoms with Crippen molar-refractivity contribution in [1.82, 2.24) is 9.78 Å². The van der Waals surface area contributed by atoms with E-state index in [4.69, 9.17) is 4.74 Å². The highest BCUT2D eigenvalue weighted by atomic mass is 32.2. The van der Waals surface area contributed by atoms with E-state index in [0.717, 1.165) is 25.0 Å². The van der Waals surface area contributed by atoms with Crippen molar-refractivity contribution in [3.8, 4) is 5.75 Å². The van der Waals surface area contributed by atoms with Gasteiger partial charge in [-0.2, -0.15) is 5.10 Å². The number of nitrogens with zero attached hydrogens (tertiary/aromatic N) is 2. The molecule has 0 aromatic carbocycles. The number of hydrogen-bond donors (Lipinski definition) is 0. The first-order valence-electron chi connectivity index (χ1n) is 6.76. The summed E-state index contributed by atoms with van der Waals surface area (Å²) in [4.78, 5) is 0. The summed E-state index contributed by atoms with van der Waals surface area (Å²) < 4.78 is 30.9. The maximum absolute atomic E-state index is 11.6. The summed E-state index contributed by atoms with van der Waals surface area (Å²) in [7, 11) is -2.96. The summed E-state index contributed by atoms with van der Waals surface area (Å²) in [5.41, 5.74) is 0. The summed E-state index contributed by atoms with van der Waals surface area (Å²) in [6.45, 7) is 4.11. The largest absolute Gasteiger partial charge is 0.487 e. The average molecular weight is 286 g/mol. The molecule has 1 heterocycles. The van der Waals surface area contributed by atoms with Crippen LogP contribution in [0, 0.1) is 0 Å². The van der Waals surface area contributed by atoms with Gasteiger partial charge in [0.05, 0.1) is 17.6 Å². The molecule has 0 saturated heterocycles. The van der Waals surface area contributed by atoms with Crippen molar-refractivity contribution in [3.63, 3.8) is 0 Å². The lowest BCUT2D eigenvalue weighted by molar-refractivity contribution is 0.156. The van der Waals surface area contributed by atoms with Gasteiger partial charge in [0.25, 0.3) is 0 Å². The van der Waals surface area contributed by atoms with E-state index in [1.807, 2.05) is 10.9 Å². The Morgan fingerprint density at radius 3 is 2.74 bits per heavy atom. The standard InChI is InChI=1S/C13H22N2O3S/c1-10(2)15-9-12(8-14-15)18-11-5-4-6-13(7-11)19(3,16)17/h8-11,13H,4-7H2,1-3H3. The van der Waals surface area contributed by atoms with E-state index in [1.165, 1.54) is 6.26 Å². The van der Waals surface area contributed by atoms with Crippen LogP contribution in [0.15, 0.2) is 12.4 Å². The van der Waals surface area contributed by atoms with E-state index in [0.29, 0.717) is 12.5 Å². The molecule has 1 aliphatic carbocycles. The highest BCUT2D eigenvalue weighted by molar-refractivity contribution is 7.91. The zero-order valence-electron chi connectivity index (χ0n) is 11.7. The van der Waals surface area contributed by atoms with Gasteiger partial charge < -0.3 is 4.74 Å². The first-order chi connectivity index (χ1) is 8.86.